The zero-order valence-corrected chi connectivity index (χ0v) is 12.5. The highest BCUT2D eigenvalue weighted by molar-refractivity contribution is 5.91. The number of hydrogen-bond acceptors (Lipinski definition) is 5. The highest BCUT2D eigenvalue weighted by atomic mass is 19.1. The number of carbonyl (C=O) groups is 2. The summed E-state index contributed by atoms with van der Waals surface area (Å²) >= 11 is 0. The molecule has 23 heavy (non-hydrogen) atoms. The van der Waals surface area contributed by atoms with Crippen molar-refractivity contribution < 1.29 is 27.9 Å². The molecule has 2 aromatic rings. The lowest BCUT2D eigenvalue weighted by Crippen LogP contribution is -2.25. The molecule has 1 amide bonds. The average Bonchev–Trinajstić information content (AvgIpc) is 3.03. The van der Waals surface area contributed by atoms with Gasteiger partial charge in [0.15, 0.2) is 5.76 Å². The second kappa shape index (κ2) is 7.98. The van der Waals surface area contributed by atoms with Crippen molar-refractivity contribution in [2.75, 3.05) is 13.7 Å². The number of furan rings is 1. The highest BCUT2D eigenvalue weighted by Gasteiger charge is 2.12. The van der Waals surface area contributed by atoms with Gasteiger partial charge in [0.05, 0.1) is 13.5 Å². The topological polar surface area (TPSA) is 77.8 Å². The second-order valence-corrected chi connectivity index (χ2v) is 4.59. The molecule has 1 aromatic carbocycles. The van der Waals surface area contributed by atoms with Crippen molar-refractivity contribution in [3.05, 3.63) is 53.7 Å². The Kier molecular flexibility index (Phi) is 5.74. The molecule has 0 unspecified atom stereocenters. The summed E-state index contributed by atoms with van der Waals surface area (Å²) in [6.07, 6.45) is 0.0868. The number of nitrogens with one attached hydrogen (secondary N) is 1. The number of rotatable bonds is 7. The minimum Gasteiger partial charge on any atom is -0.486 e. The Morgan fingerprint density at radius 2 is 1.91 bits per heavy atom. The first-order valence-electron chi connectivity index (χ1n) is 6.90. The predicted molar refractivity (Wildman–Crippen MR) is 78.4 cm³/mol. The maximum Gasteiger partial charge on any atom is 0.307 e. The maximum atomic E-state index is 12.8. The van der Waals surface area contributed by atoms with E-state index in [1.165, 1.54) is 37.4 Å². The summed E-state index contributed by atoms with van der Waals surface area (Å²) in [4.78, 5) is 22.7. The molecule has 0 aliphatic heterocycles. The lowest BCUT2D eigenvalue weighted by atomic mass is 10.3. The molecule has 6 nitrogen and oxygen atoms in total. The van der Waals surface area contributed by atoms with Gasteiger partial charge in [0.2, 0.25) is 0 Å². The molecule has 0 saturated heterocycles. The molecule has 0 radical (unpaired) electrons. The first-order valence-corrected chi connectivity index (χ1v) is 6.90. The van der Waals surface area contributed by atoms with Crippen LogP contribution in [0.3, 0.4) is 0 Å². The molecule has 1 N–H and O–H groups in total. The third-order valence-corrected chi connectivity index (χ3v) is 2.92. The third kappa shape index (κ3) is 5.14. The fraction of sp³-hybridized carbons (Fsp3) is 0.250. The van der Waals surface area contributed by atoms with Crippen LogP contribution in [0.5, 0.6) is 5.75 Å². The minimum absolute atomic E-state index is 0.0868. The number of benzene rings is 1. The van der Waals surface area contributed by atoms with Crippen molar-refractivity contribution in [3.63, 3.8) is 0 Å². The first-order chi connectivity index (χ1) is 11.1. The van der Waals surface area contributed by atoms with E-state index in [-0.39, 0.29) is 31.1 Å². The minimum atomic E-state index is -0.429. The van der Waals surface area contributed by atoms with Crippen LogP contribution in [-0.4, -0.2) is 25.5 Å². The normalized spacial score (nSPS) is 10.2. The Morgan fingerprint density at radius 3 is 2.61 bits per heavy atom. The molecule has 0 fully saturated rings. The van der Waals surface area contributed by atoms with Crippen LogP contribution in [0.25, 0.3) is 0 Å². The molecular formula is C16H16FNO5. The van der Waals surface area contributed by atoms with Crippen LogP contribution in [0, 0.1) is 5.82 Å². The number of ether oxygens (including phenoxy) is 2. The SMILES string of the molecule is COC(=O)CCNC(=O)c1ccc(COc2ccc(F)cc2)o1. The largest absolute Gasteiger partial charge is 0.486 e. The van der Waals surface area contributed by atoms with Crippen LogP contribution in [0.15, 0.2) is 40.8 Å². The van der Waals surface area contributed by atoms with Crippen molar-refractivity contribution in [3.8, 4) is 5.75 Å². The third-order valence-electron chi connectivity index (χ3n) is 2.92. The summed E-state index contributed by atoms with van der Waals surface area (Å²) < 4.78 is 28.0. The van der Waals surface area contributed by atoms with Gasteiger partial charge in [-0.05, 0) is 36.4 Å². The number of halogens is 1. The van der Waals surface area contributed by atoms with E-state index in [4.69, 9.17) is 9.15 Å². The maximum absolute atomic E-state index is 12.8. The number of methoxy groups -OCH3 is 1. The molecule has 0 aliphatic carbocycles. The lowest BCUT2D eigenvalue weighted by Gasteiger charge is -2.04. The van der Waals surface area contributed by atoms with Crippen molar-refractivity contribution in [1.29, 1.82) is 0 Å². The molecule has 0 spiro atoms. The van der Waals surface area contributed by atoms with Crippen molar-refractivity contribution >= 4 is 11.9 Å². The van der Waals surface area contributed by atoms with Crippen LogP contribution in [-0.2, 0) is 16.1 Å². The van der Waals surface area contributed by atoms with E-state index in [0.717, 1.165) is 0 Å². The van der Waals surface area contributed by atoms with Gasteiger partial charge in [0.1, 0.15) is 23.9 Å². The van der Waals surface area contributed by atoms with E-state index in [1.807, 2.05) is 0 Å². The molecular weight excluding hydrogens is 305 g/mol. The first kappa shape index (κ1) is 16.5. The molecule has 7 heteroatoms. The Balaban J connectivity index is 1.81. The smallest absolute Gasteiger partial charge is 0.307 e. The second-order valence-electron chi connectivity index (χ2n) is 4.59. The number of esters is 1. The molecule has 0 saturated carbocycles. The van der Waals surface area contributed by atoms with Crippen LogP contribution in [0.4, 0.5) is 4.39 Å². The van der Waals surface area contributed by atoms with Gasteiger partial charge >= 0.3 is 5.97 Å². The predicted octanol–water partition coefficient (Wildman–Crippen LogP) is 2.29. The van der Waals surface area contributed by atoms with Crippen LogP contribution >= 0.6 is 0 Å². The molecule has 122 valence electrons. The van der Waals surface area contributed by atoms with Gasteiger partial charge in [0.25, 0.3) is 5.91 Å². The monoisotopic (exact) mass is 321 g/mol. The van der Waals surface area contributed by atoms with E-state index >= 15 is 0 Å². The van der Waals surface area contributed by atoms with E-state index in [9.17, 15) is 14.0 Å². The summed E-state index contributed by atoms with van der Waals surface area (Å²) in [5, 5.41) is 2.54. The fourth-order valence-corrected chi connectivity index (χ4v) is 1.73. The summed E-state index contributed by atoms with van der Waals surface area (Å²) in [7, 11) is 1.28. The van der Waals surface area contributed by atoms with E-state index in [1.54, 1.807) is 6.07 Å². The van der Waals surface area contributed by atoms with Crippen LogP contribution in [0.1, 0.15) is 22.7 Å². The zero-order chi connectivity index (χ0) is 16.7. The average molecular weight is 321 g/mol. The fourth-order valence-electron chi connectivity index (χ4n) is 1.73. The van der Waals surface area contributed by atoms with Gasteiger partial charge in [-0.2, -0.15) is 0 Å². The summed E-state index contributed by atoms with van der Waals surface area (Å²) in [6, 6.07) is 8.70. The van der Waals surface area contributed by atoms with E-state index < -0.39 is 11.9 Å². The quantitative estimate of drug-likeness (QED) is 0.792. The molecule has 0 aliphatic rings. The van der Waals surface area contributed by atoms with Gasteiger partial charge < -0.3 is 19.2 Å². The lowest BCUT2D eigenvalue weighted by molar-refractivity contribution is -0.140. The van der Waals surface area contributed by atoms with Crippen molar-refractivity contribution in [2.24, 2.45) is 0 Å². The van der Waals surface area contributed by atoms with E-state index in [2.05, 4.69) is 10.1 Å². The van der Waals surface area contributed by atoms with Gasteiger partial charge in [-0.3, -0.25) is 9.59 Å². The number of hydrogen-bond donors (Lipinski definition) is 1. The van der Waals surface area contributed by atoms with Gasteiger partial charge in [-0.15, -0.1) is 0 Å². The molecule has 0 bridgehead atoms. The van der Waals surface area contributed by atoms with Gasteiger partial charge in [-0.1, -0.05) is 0 Å². The van der Waals surface area contributed by atoms with Crippen LogP contribution in [0.2, 0.25) is 0 Å². The summed E-state index contributed by atoms with van der Waals surface area (Å²) in [6.45, 7) is 0.273. The summed E-state index contributed by atoms with van der Waals surface area (Å²) in [5.41, 5.74) is 0. The molecule has 1 aromatic heterocycles. The van der Waals surface area contributed by atoms with Gasteiger partial charge in [-0.25, -0.2) is 4.39 Å². The Hall–Kier alpha value is -2.83. The molecule has 1 heterocycles. The Morgan fingerprint density at radius 1 is 1.17 bits per heavy atom. The Labute approximate surface area is 132 Å². The molecule has 2 rings (SSSR count). The van der Waals surface area contributed by atoms with Crippen molar-refractivity contribution in [2.45, 2.75) is 13.0 Å². The van der Waals surface area contributed by atoms with Crippen LogP contribution < -0.4 is 10.1 Å². The number of amides is 1. The van der Waals surface area contributed by atoms with Crippen molar-refractivity contribution in [1.82, 2.24) is 5.32 Å². The Bertz CT molecular complexity index is 665. The number of carbonyl (C=O) groups excluding carboxylic acids is 2. The zero-order valence-electron chi connectivity index (χ0n) is 12.5. The standard InChI is InChI=1S/C16H16FNO5/c1-21-15(19)8-9-18-16(20)14-7-6-13(23-14)10-22-12-4-2-11(17)3-5-12/h2-7H,8-10H2,1H3,(H,18,20). The molecule has 0 atom stereocenters. The summed E-state index contributed by atoms with van der Waals surface area (Å²) in [5.74, 6) is -0.117. The van der Waals surface area contributed by atoms with Gasteiger partial charge in [0, 0.05) is 6.54 Å². The van der Waals surface area contributed by atoms with E-state index in [0.29, 0.717) is 11.5 Å². The highest BCUT2D eigenvalue weighted by Crippen LogP contribution is 2.15.